The Morgan fingerprint density at radius 2 is 1.89 bits per heavy atom. The molecule has 1 aromatic rings. The first-order chi connectivity index (χ1) is 8.53. The zero-order valence-corrected chi connectivity index (χ0v) is 11.7. The standard InChI is InChI=1S/C16H25NO/c1-4-12(2)16(3,18)11-17-15-9-13-7-5-6-8-14(13)10-15/h5-8,12,15,17-18H,4,9-11H2,1-3H3. The van der Waals surface area contributed by atoms with Gasteiger partial charge in [-0.2, -0.15) is 0 Å². The lowest BCUT2D eigenvalue weighted by Crippen LogP contribution is -2.46. The van der Waals surface area contributed by atoms with E-state index in [1.54, 1.807) is 0 Å². The Hall–Kier alpha value is -0.860. The van der Waals surface area contributed by atoms with Crippen LogP contribution in [0.25, 0.3) is 0 Å². The summed E-state index contributed by atoms with van der Waals surface area (Å²) in [5.41, 5.74) is 2.31. The topological polar surface area (TPSA) is 32.3 Å². The summed E-state index contributed by atoms with van der Waals surface area (Å²) in [6.45, 7) is 6.87. The molecule has 0 fully saturated rings. The molecule has 0 heterocycles. The molecule has 0 saturated carbocycles. The van der Waals surface area contributed by atoms with Crippen molar-refractivity contribution in [2.24, 2.45) is 5.92 Å². The van der Waals surface area contributed by atoms with E-state index in [2.05, 4.69) is 43.4 Å². The second-order valence-corrected chi connectivity index (χ2v) is 5.92. The first-order valence-corrected chi connectivity index (χ1v) is 7.05. The fourth-order valence-electron chi connectivity index (χ4n) is 2.67. The van der Waals surface area contributed by atoms with E-state index in [9.17, 15) is 5.11 Å². The van der Waals surface area contributed by atoms with Crippen LogP contribution < -0.4 is 5.32 Å². The van der Waals surface area contributed by atoms with E-state index in [1.165, 1.54) is 11.1 Å². The highest BCUT2D eigenvalue weighted by atomic mass is 16.3. The largest absolute Gasteiger partial charge is 0.389 e. The summed E-state index contributed by atoms with van der Waals surface area (Å²) in [7, 11) is 0. The van der Waals surface area contributed by atoms with E-state index in [4.69, 9.17) is 0 Å². The third-order valence-electron chi connectivity index (χ3n) is 4.47. The van der Waals surface area contributed by atoms with Crippen molar-refractivity contribution in [1.82, 2.24) is 5.32 Å². The maximum atomic E-state index is 10.4. The number of nitrogens with one attached hydrogen (secondary N) is 1. The normalized spacial score (nSPS) is 20.4. The molecule has 2 rings (SSSR count). The highest BCUT2D eigenvalue weighted by Gasteiger charge is 2.29. The Kier molecular flexibility index (Phi) is 4.08. The minimum atomic E-state index is -0.608. The molecule has 1 aliphatic carbocycles. The van der Waals surface area contributed by atoms with Crippen LogP contribution >= 0.6 is 0 Å². The number of benzene rings is 1. The van der Waals surface area contributed by atoms with E-state index in [0.29, 0.717) is 18.5 Å². The average Bonchev–Trinajstić information content (AvgIpc) is 2.78. The lowest BCUT2D eigenvalue weighted by Gasteiger charge is -2.31. The fourth-order valence-corrected chi connectivity index (χ4v) is 2.67. The SMILES string of the molecule is CCC(C)C(C)(O)CNC1Cc2ccccc2C1. The molecular formula is C16H25NO. The number of hydrogen-bond donors (Lipinski definition) is 2. The minimum absolute atomic E-state index is 0.328. The molecule has 0 aromatic heterocycles. The summed E-state index contributed by atoms with van der Waals surface area (Å²) in [6, 6.07) is 9.12. The van der Waals surface area contributed by atoms with Gasteiger partial charge in [0.15, 0.2) is 0 Å². The van der Waals surface area contributed by atoms with Crippen LogP contribution in [0.4, 0.5) is 0 Å². The second-order valence-electron chi connectivity index (χ2n) is 5.92. The number of aliphatic hydroxyl groups is 1. The Morgan fingerprint density at radius 3 is 2.39 bits per heavy atom. The van der Waals surface area contributed by atoms with Crippen LogP contribution in [0.2, 0.25) is 0 Å². The van der Waals surface area contributed by atoms with Crippen LogP contribution in [0.1, 0.15) is 38.3 Å². The molecule has 0 spiro atoms. The molecule has 2 nitrogen and oxygen atoms in total. The Balaban J connectivity index is 1.87. The molecular weight excluding hydrogens is 222 g/mol. The van der Waals surface area contributed by atoms with Crippen LogP contribution in [0.3, 0.4) is 0 Å². The first kappa shape index (κ1) is 13.6. The van der Waals surface area contributed by atoms with E-state index < -0.39 is 5.60 Å². The van der Waals surface area contributed by atoms with Gasteiger partial charge in [-0.1, -0.05) is 44.5 Å². The summed E-state index contributed by atoms with van der Waals surface area (Å²) in [5, 5.41) is 13.9. The van der Waals surface area contributed by atoms with E-state index in [0.717, 1.165) is 19.3 Å². The maximum absolute atomic E-state index is 10.4. The Morgan fingerprint density at radius 1 is 1.33 bits per heavy atom. The van der Waals surface area contributed by atoms with Crippen molar-refractivity contribution >= 4 is 0 Å². The molecule has 2 heteroatoms. The molecule has 0 saturated heterocycles. The molecule has 0 radical (unpaired) electrons. The van der Waals surface area contributed by atoms with Gasteiger partial charge < -0.3 is 10.4 Å². The molecule has 2 N–H and O–H groups in total. The Labute approximate surface area is 110 Å². The summed E-state index contributed by atoms with van der Waals surface area (Å²) in [6.07, 6.45) is 3.19. The monoisotopic (exact) mass is 247 g/mol. The van der Waals surface area contributed by atoms with Crippen LogP contribution in [-0.4, -0.2) is 23.3 Å². The quantitative estimate of drug-likeness (QED) is 0.838. The van der Waals surface area contributed by atoms with Gasteiger partial charge in [0.05, 0.1) is 5.60 Å². The summed E-state index contributed by atoms with van der Waals surface area (Å²) < 4.78 is 0. The van der Waals surface area contributed by atoms with Crippen molar-refractivity contribution in [2.75, 3.05) is 6.54 Å². The first-order valence-electron chi connectivity index (χ1n) is 7.05. The molecule has 100 valence electrons. The van der Waals surface area contributed by atoms with Gasteiger partial charge >= 0.3 is 0 Å². The number of rotatable bonds is 5. The lowest BCUT2D eigenvalue weighted by atomic mass is 9.88. The van der Waals surface area contributed by atoms with Gasteiger partial charge in [0.2, 0.25) is 0 Å². The number of hydrogen-bond acceptors (Lipinski definition) is 2. The van der Waals surface area contributed by atoms with Gasteiger partial charge in [0.25, 0.3) is 0 Å². The average molecular weight is 247 g/mol. The predicted molar refractivity (Wildman–Crippen MR) is 75.7 cm³/mol. The molecule has 0 aliphatic heterocycles. The molecule has 1 aromatic carbocycles. The van der Waals surface area contributed by atoms with Crippen LogP contribution in [0.15, 0.2) is 24.3 Å². The Bertz CT molecular complexity index is 375. The van der Waals surface area contributed by atoms with Gasteiger partial charge in [-0.05, 0) is 36.8 Å². The smallest absolute Gasteiger partial charge is 0.0768 e. The highest BCUT2D eigenvalue weighted by Crippen LogP contribution is 2.23. The van der Waals surface area contributed by atoms with Gasteiger partial charge in [-0.15, -0.1) is 0 Å². The van der Waals surface area contributed by atoms with Crippen molar-refractivity contribution in [2.45, 2.75) is 51.7 Å². The van der Waals surface area contributed by atoms with E-state index in [1.807, 2.05) is 6.92 Å². The van der Waals surface area contributed by atoms with Crippen molar-refractivity contribution in [3.8, 4) is 0 Å². The zero-order valence-electron chi connectivity index (χ0n) is 11.7. The van der Waals surface area contributed by atoms with Gasteiger partial charge in [-0.25, -0.2) is 0 Å². The lowest BCUT2D eigenvalue weighted by molar-refractivity contribution is 0.00352. The van der Waals surface area contributed by atoms with Crippen molar-refractivity contribution in [1.29, 1.82) is 0 Å². The van der Waals surface area contributed by atoms with Crippen LogP contribution in [0.5, 0.6) is 0 Å². The summed E-state index contributed by atoms with van der Waals surface area (Å²) in [4.78, 5) is 0. The second kappa shape index (κ2) is 5.41. The summed E-state index contributed by atoms with van der Waals surface area (Å²) >= 11 is 0. The molecule has 1 aliphatic rings. The van der Waals surface area contributed by atoms with Crippen molar-refractivity contribution in [3.05, 3.63) is 35.4 Å². The van der Waals surface area contributed by atoms with Crippen LogP contribution in [0, 0.1) is 5.92 Å². The number of fused-ring (bicyclic) bond motifs is 1. The molecule has 2 atom stereocenters. The van der Waals surface area contributed by atoms with Gasteiger partial charge in [-0.3, -0.25) is 0 Å². The van der Waals surface area contributed by atoms with Gasteiger partial charge in [0.1, 0.15) is 0 Å². The van der Waals surface area contributed by atoms with Crippen molar-refractivity contribution in [3.63, 3.8) is 0 Å². The van der Waals surface area contributed by atoms with E-state index in [-0.39, 0.29) is 0 Å². The van der Waals surface area contributed by atoms with E-state index >= 15 is 0 Å². The zero-order chi connectivity index (χ0) is 13.2. The molecule has 0 amide bonds. The third kappa shape index (κ3) is 2.93. The highest BCUT2D eigenvalue weighted by molar-refractivity contribution is 5.33. The van der Waals surface area contributed by atoms with Crippen molar-refractivity contribution < 1.29 is 5.11 Å². The third-order valence-corrected chi connectivity index (χ3v) is 4.47. The van der Waals surface area contributed by atoms with Gasteiger partial charge in [0, 0.05) is 12.6 Å². The van der Waals surface area contributed by atoms with Crippen LogP contribution in [-0.2, 0) is 12.8 Å². The summed E-state index contributed by atoms with van der Waals surface area (Å²) in [5.74, 6) is 0.328. The molecule has 2 unspecified atom stereocenters. The molecule has 18 heavy (non-hydrogen) atoms. The molecule has 0 bridgehead atoms. The maximum Gasteiger partial charge on any atom is 0.0768 e. The predicted octanol–water partition coefficient (Wildman–Crippen LogP) is 2.54. The minimum Gasteiger partial charge on any atom is -0.389 e. The fraction of sp³-hybridized carbons (Fsp3) is 0.625.